The van der Waals surface area contributed by atoms with Gasteiger partial charge in [0.25, 0.3) is 0 Å². The molecule has 2 fully saturated rings. The predicted octanol–water partition coefficient (Wildman–Crippen LogP) is 3.81. The van der Waals surface area contributed by atoms with Crippen LogP contribution in [0, 0.1) is 5.82 Å². The molecule has 4 heterocycles. The van der Waals surface area contributed by atoms with Crippen molar-refractivity contribution in [1.82, 2.24) is 24.8 Å². The van der Waals surface area contributed by atoms with E-state index in [9.17, 15) is 0 Å². The number of anilines is 5. The molecule has 10 nitrogen and oxygen atoms in total. The first kappa shape index (κ1) is 26.3. The number of nitrogens with two attached hydrogens (primary N) is 1. The summed E-state index contributed by atoms with van der Waals surface area (Å²) in [6.07, 6.45) is 4.82. The molecule has 3 aromatic rings. The third-order valence-electron chi connectivity index (χ3n) is 7.13. The van der Waals surface area contributed by atoms with Crippen molar-refractivity contribution in [2.45, 2.75) is 39.0 Å². The Hall–Kier alpha value is -3.28. The summed E-state index contributed by atoms with van der Waals surface area (Å²) in [5, 5.41) is 3.42. The largest absolute Gasteiger partial charge is 0.393 e. The van der Waals surface area contributed by atoms with Crippen LogP contribution in [0.3, 0.4) is 0 Å². The topological polar surface area (TPSA) is 109 Å². The molecule has 0 saturated carbocycles. The molecule has 0 aliphatic carbocycles. The molecule has 38 heavy (non-hydrogen) atoms. The Morgan fingerprint density at radius 3 is 2.39 bits per heavy atom. The molecule has 0 bridgehead atoms. The van der Waals surface area contributed by atoms with E-state index in [1.54, 1.807) is 24.5 Å². The minimum atomic E-state index is -0.365. The summed E-state index contributed by atoms with van der Waals surface area (Å²) in [6.45, 7) is 9.98. The van der Waals surface area contributed by atoms with Crippen LogP contribution in [0.5, 0.6) is 0 Å². The first-order valence-electron chi connectivity index (χ1n) is 12.7. The van der Waals surface area contributed by atoms with Gasteiger partial charge in [-0.2, -0.15) is 0 Å². The fraction of sp³-hybridized carbons (Fsp3) is 0.462. The molecule has 0 spiro atoms. The molecule has 3 N–H and O–H groups in total. The number of aromatic nitrogens is 4. The first-order valence-corrected chi connectivity index (χ1v) is 13.1. The number of hydrogen-bond acceptors (Lipinski definition) is 10. The summed E-state index contributed by atoms with van der Waals surface area (Å²) in [5.41, 5.74) is 8.66. The summed E-state index contributed by atoms with van der Waals surface area (Å²) >= 11 is 6.13. The Bertz CT molecular complexity index is 1280. The van der Waals surface area contributed by atoms with Gasteiger partial charge in [0.05, 0.1) is 23.6 Å². The zero-order chi connectivity index (χ0) is 27.0. The van der Waals surface area contributed by atoms with Crippen LogP contribution in [0.25, 0.3) is 11.1 Å². The van der Waals surface area contributed by atoms with Crippen LogP contribution < -0.4 is 20.9 Å². The number of morpholine rings is 1. The number of nitrogens with one attached hydrogen (secondary N) is 1. The van der Waals surface area contributed by atoms with E-state index in [2.05, 4.69) is 53.9 Å². The number of halogens is 2. The maximum absolute atomic E-state index is 15.7. The minimum Gasteiger partial charge on any atom is -0.393 e. The lowest BCUT2D eigenvalue weighted by Gasteiger charge is -2.39. The van der Waals surface area contributed by atoms with Gasteiger partial charge < -0.3 is 30.5 Å². The molecule has 2 aromatic heterocycles. The van der Waals surface area contributed by atoms with Gasteiger partial charge >= 0.3 is 0 Å². The highest BCUT2D eigenvalue weighted by molar-refractivity contribution is 6.32. The molecular weight excluding hydrogens is 509 g/mol. The maximum atomic E-state index is 15.7. The van der Waals surface area contributed by atoms with Crippen LogP contribution in [-0.4, -0.2) is 82.9 Å². The quantitative estimate of drug-likeness (QED) is 0.463. The summed E-state index contributed by atoms with van der Waals surface area (Å²) in [4.78, 5) is 23.8. The summed E-state index contributed by atoms with van der Waals surface area (Å²) in [6, 6.07) is 3.61. The second kappa shape index (κ2) is 10.8. The SMILES string of the molecule is C[C@@H]1CN(c2ncc(-c3cc(Nc4ncnc(Cl)c4N)c(N4CCN(C)[C@@H](C)C4)cc3F)cn2)C[C@H](C)O1. The zero-order valence-electron chi connectivity index (χ0n) is 22.0. The van der Waals surface area contributed by atoms with Gasteiger partial charge in [-0.15, -0.1) is 0 Å². The van der Waals surface area contributed by atoms with Gasteiger partial charge in [0, 0.05) is 62.3 Å². The average Bonchev–Trinajstić information content (AvgIpc) is 2.89. The predicted molar refractivity (Wildman–Crippen MR) is 149 cm³/mol. The third-order valence-corrected chi connectivity index (χ3v) is 7.43. The molecule has 5 rings (SSSR count). The zero-order valence-corrected chi connectivity index (χ0v) is 22.8. The minimum absolute atomic E-state index is 0.0840. The second-order valence-electron chi connectivity index (χ2n) is 10.1. The van der Waals surface area contributed by atoms with Crippen LogP contribution in [0.4, 0.5) is 33.2 Å². The van der Waals surface area contributed by atoms with Gasteiger partial charge in [-0.05, 0) is 40.0 Å². The van der Waals surface area contributed by atoms with Gasteiger partial charge in [0.1, 0.15) is 17.8 Å². The lowest BCUT2D eigenvalue weighted by molar-refractivity contribution is -0.00571. The Balaban J connectivity index is 1.50. The molecule has 2 aliphatic rings. The first-order chi connectivity index (χ1) is 18.2. The fourth-order valence-electron chi connectivity index (χ4n) is 4.98. The number of rotatable bonds is 5. The molecule has 0 radical (unpaired) electrons. The number of nitrogen functional groups attached to an aromatic ring is 1. The number of likely N-dealkylation sites (N-methyl/N-ethyl adjacent to an activating group) is 1. The molecule has 2 saturated heterocycles. The highest BCUT2D eigenvalue weighted by atomic mass is 35.5. The Kier molecular flexibility index (Phi) is 7.51. The maximum Gasteiger partial charge on any atom is 0.225 e. The Morgan fingerprint density at radius 2 is 1.71 bits per heavy atom. The van der Waals surface area contributed by atoms with Crippen LogP contribution >= 0.6 is 11.6 Å². The molecule has 2 aliphatic heterocycles. The number of ether oxygens (including phenoxy) is 1. The molecule has 3 atom stereocenters. The Labute approximate surface area is 227 Å². The summed E-state index contributed by atoms with van der Waals surface area (Å²) in [5.74, 6) is 0.588. The van der Waals surface area contributed by atoms with Crippen molar-refractivity contribution in [1.29, 1.82) is 0 Å². The van der Waals surface area contributed by atoms with Gasteiger partial charge in [0.15, 0.2) is 11.0 Å². The van der Waals surface area contributed by atoms with Gasteiger partial charge in [-0.25, -0.2) is 24.3 Å². The van der Waals surface area contributed by atoms with Gasteiger partial charge in [0.2, 0.25) is 5.95 Å². The number of hydrogen-bond donors (Lipinski definition) is 2. The van der Waals surface area contributed by atoms with E-state index < -0.39 is 0 Å². The summed E-state index contributed by atoms with van der Waals surface area (Å²) in [7, 11) is 2.09. The van der Waals surface area contributed by atoms with Crippen molar-refractivity contribution in [3.63, 3.8) is 0 Å². The van der Waals surface area contributed by atoms with Crippen molar-refractivity contribution in [3.05, 3.63) is 41.8 Å². The van der Waals surface area contributed by atoms with Crippen LogP contribution in [0.1, 0.15) is 20.8 Å². The highest BCUT2D eigenvalue weighted by Gasteiger charge is 2.26. The van der Waals surface area contributed by atoms with E-state index in [-0.39, 0.29) is 28.9 Å². The Morgan fingerprint density at radius 1 is 1.00 bits per heavy atom. The molecule has 0 unspecified atom stereocenters. The van der Waals surface area contributed by atoms with E-state index in [0.717, 1.165) is 19.6 Å². The van der Waals surface area contributed by atoms with Crippen molar-refractivity contribution in [2.75, 3.05) is 60.6 Å². The lowest BCUT2D eigenvalue weighted by Crippen LogP contribution is -2.50. The van der Waals surface area contributed by atoms with Crippen LogP contribution in [0.2, 0.25) is 5.15 Å². The number of piperazine rings is 1. The van der Waals surface area contributed by atoms with E-state index >= 15 is 4.39 Å². The van der Waals surface area contributed by atoms with E-state index in [1.807, 2.05) is 13.8 Å². The van der Waals surface area contributed by atoms with Crippen molar-refractivity contribution >= 4 is 40.4 Å². The van der Waals surface area contributed by atoms with Crippen molar-refractivity contribution < 1.29 is 9.13 Å². The third kappa shape index (κ3) is 5.45. The van der Waals surface area contributed by atoms with E-state index in [1.165, 1.54) is 6.33 Å². The number of benzene rings is 1. The average molecular weight is 542 g/mol. The van der Waals surface area contributed by atoms with Gasteiger partial charge in [-0.1, -0.05) is 11.6 Å². The molecule has 1 aromatic carbocycles. The van der Waals surface area contributed by atoms with E-state index in [4.69, 9.17) is 22.1 Å². The fourth-order valence-corrected chi connectivity index (χ4v) is 5.11. The van der Waals surface area contributed by atoms with Crippen molar-refractivity contribution in [3.8, 4) is 11.1 Å². The molecular formula is C26H33ClFN9O. The molecule has 202 valence electrons. The van der Waals surface area contributed by atoms with Gasteiger partial charge in [-0.3, -0.25) is 0 Å². The standard InChI is InChI=1S/C26H33ClFN9O/c1-15-11-36(6-5-35(15)4)22-8-20(28)19(7-21(22)34-25-23(29)24(27)32-14-33-25)18-9-30-26(31-10-18)37-12-16(2)38-17(3)13-37/h7-10,14-17H,5-6,11-13,29H2,1-4H3,(H,32,33,34)/t15-,16-,17+/m0/s1. The lowest BCUT2D eigenvalue weighted by atomic mass is 10.0. The summed E-state index contributed by atoms with van der Waals surface area (Å²) < 4.78 is 21.5. The van der Waals surface area contributed by atoms with Crippen LogP contribution in [-0.2, 0) is 4.74 Å². The normalized spacial score (nSPS) is 22.5. The van der Waals surface area contributed by atoms with Crippen LogP contribution in [0.15, 0.2) is 30.9 Å². The smallest absolute Gasteiger partial charge is 0.225 e. The number of nitrogens with zero attached hydrogens (tertiary/aromatic N) is 7. The van der Waals surface area contributed by atoms with Crippen molar-refractivity contribution in [2.24, 2.45) is 0 Å². The molecule has 0 amide bonds. The molecule has 12 heteroatoms. The second-order valence-corrected chi connectivity index (χ2v) is 10.5. The monoisotopic (exact) mass is 541 g/mol. The van der Waals surface area contributed by atoms with E-state index in [0.29, 0.717) is 53.4 Å². The highest BCUT2D eigenvalue weighted by Crippen LogP contribution is 2.38.